The second-order valence-electron chi connectivity index (χ2n) is 3.34. The lowest BCUT2D eigenvalue weighted by molar-refractivity contribution is 0.573. The largest absolute Gasteiger partial charge is 0.445 e. The summed E-state index contributed by atoms with van der Waals surface area (Å²) in [7, 11) is 0. The normalized spacial score (nSPS) is 10.0. The summed E-state index contributed by atoms with van der Waals surface area (Å²) in [6.07, 6.45) is 9.90. The predicted molar refractivity (Wildman–Crippen MR) is 64.1 cm³/mol. The first-order chi connectivity index (χ1) is 7.81. The van der Waals surface area contributed by atoms with Gasteiger partial charge in [0.1, 0.15) is 6.26 Å². The van der Waals surface area contributed by atoms with Crippen molar-refractivity contribution in [3.05, 3.63) is 41.2 Å². The van der Waals surface area contributed by atoms with Crippen LogP contribution >= 0.6 is 11.6 Å². The van der Waals surface area contributed by atoms with E-state index in [1.807, 2.05) is 18.2 Å². The first-order valence-electron chi connectivity index (χ1n) is 4.93. The van der Waals surface area contributed by atoms with Gasteiger partial charge in [-0.1, -0.05) is 17.7 Å². The maximum Gasteiger partial charge on any atom is 0.226 e. The first kappa shape index (κ1) is 10.8. The molecule has 0 bridgehead atoms. The van der Waals surface area contributed by atoms with Gasteiger partial charge in [0.25, 0.3) is 0 Å². The number of halogens is 1. The number of rotatable bonds is 3. The van der Waals surface area contributed by atoms with Gasteiger partial charge < -0.3 is 4.42 Å². The molecule has 0 unspecified atom stereocenters. The molecule has 0 atom stereocenters. The van der Waals surface area contributed by atoms with Gasteiger partial charge in [-0.15, -0.1) is 12.3 Å². The number of terminal acetylenes is 1. The van der Waals surface area contributed by atoms with Crippen molar-refractivity contribution in [2.75, 3.05) is 0 Å². The van der Waals surface area contributed by atoms with Crippen LogP contribution in [0.1, 0.15) is 12.0 Å². The van der Waals surface area contributed by atoms with Gasteiger partial charge in [0.05, 0.1) is 6.20 Å². The van der Waals surface area contributed by atoms with Gasteiger partial charge in [0.15, 0.2) is 0 Å². The van der Waals surface area contributed by atoms with Crippen molar-refractivity contribution in [2.45, 2.75) is 12.8 Å². The Morgan fingerprint density at radius 1 is 1.44 bits per heavy atom. The highest BCUT2D eigenvalue weighted by Gasteiger charge is 2.09. The van der Waals surface area contributed by atoms with Crippen LogP contribution in [0.5, 0.6) is 0 Å². The van der Waals surface area contributed by atoms with Crippen LogP contribution in [0.3, 0.4) is 0 Å². The minimum absolute atomic E-state index is 0.578. The van der Waals surface area contributed by atoms with Crippen LogP contribution in [0.4, 0.5) is 0 Å². The Morgan fingerprint density at radius 2 is 2.31 bits per heavy atom. The number of aromatic nitrogens is 1. The van der Waals surface area contributed by atoms with E-state index in [9.17, 15) is 0 Å². The van der Waals surface area contributed by atoms with Gasteiger partial charge in [0, 0.05) is 17.0 Å². The smallest absolute Gasteiger partial charge is 0.226 e. The average Bonchev–Trinajstić information content (AvgIpc) is 2.80. The van der Waals surface area contributed by atoms with E-state index < -0.39 is 0 Å². The van der Waals surface area contributed by atoms with Gasteiger partial charge in [-0.2, -0.15) is 0 Å². The van der Waals surface area contributed by atoms with E-state index in [0.717, 1.165) is 17.5 Å². The molecular formula is C13H10ClNO. The molecule has 2 rings (SSSR count). The Labute approximate surface area is 99.3 Å². The van der Waals surface area contributed by atoms with Gasteiger partial charge in [0.2, 0.25) is 5.89 Å². The maximum absolute atomic E-state index is 5.96. The van der Waals surface area contributed by atoms with Crippen molar-refractivity contribution in [2.24, 2.45) is 0 Å². The fourth-order valence-electron chi connectivity index (χ4n) is 1.53. The molecule has 0 aliphatic rings. The van der Waals surface area contributed by atoms with Crippen molar-refractivity contribution >= 4 is 11.6 Å². The van der Waals surface area contributed by atoms with Crippen LogP contribution in [0.25, 0.3) is 11.5 Å². The van der Waals surface area contributed by atoms with E-state index >= 15 is 0 Å². The Morgan fingerprint density at radius 3 is 3.00 bits per heavy atom. The topological polar surface area (TPSA) is 26.0 Å². The van der Waals surface area contributed by atoms with Crippen molar-refractivity contribution in [1.82, 2.24) is 4.98 Å². The molecule has 2 nitrogen and oxygen atoms in total. The Balaban J connectivity index is 2.41. The van der Waals surface area contributed by atoms with Crippen LogP contribution in [-0.4, -0.2) is 4.98 Å². The average molecular weight is 232 g/mol. The van der Waals surface area contributed by atoms with Crippen LogP contribution in [-0.2, 0) is 6.42 Å². The third-order valence-corrected chi connectivity index (χ3v) is 2.51. The Bertz CT molecular complexity index is 511. The minimum Gasteiger partial charge on any atom is -0.445 e. The molecule has 0 spiro atoms. The zero-order chi connectivity index (χ0) is 11.4. The lowest BCUT2D eigenvalue weighted by Crippen LogP contribution is -1.90. The van der Waals surface area contributed by atoms with Crippen LogP contribution in [0.15, 0.2) is 35.1 Å². The molecule has 0 saturated carbocycles. The van der Waals surface area contributed by atoms with Crippen molar-refractivity contribution in [3.63, 3.8) is 0 Å². The van der Waals surface area contributed by atoms with Gasteiger partial charge >= 0.3 is 0 Å². The molecule has 0 N–H and O–H groups in total. The highest BCUT2D eigenvalue weighted by atomic mass is 35.5. The third kappa shape index (κ3) is 2.26. The summed E-state index contributed by atoms with van der Waals surface area (Å²) in [4.78, 5) is 4.12. The number of hydrogen-bond donors (Lipinski definition) is 0. The molecule has 80 valence electrons. The van der Waals surface area contributed by atoms with Crippen molar-refractivity contribution in [1.29, 1.82) is 0 Å². The molecular weight excluding hydrogens is 222 g/mol. The van der Waals surface area contributed by atoms with E-state index in [2.05, 4.69) is 10.9 Å². The summed E-state index contributed by atoms with van der Waals surface area (Å²) >= 11 is 5.96. The fourth-order valence-corrected chi connectivity index (χ4v) is 1.70. The van der Waals surface area contributed by atoms with E-state index in [1.165, 1.54) is 0 Å². The summed E-state index contributed by atoms with van der Waals surface area (Å²) in [5.41, 5.74) is 2.01. The second kappa shape index (κ2) is 4.87. The number of hydrogen-bond acceptors (Lipinski definition) is 2. The number of benzene rings is 1. The van der Waals surface area contributed by atoms with Gasteiger partial charge in [-0.05, 0) is 24.1 Å². The maximum atomic E-state index is 5.96. The van der Waals surface area contributed by atoms with E-state index in [4.69, 9.17) is 22.4 Å². The summed E-state index contributed by atoms with van der Waals surface area (Å²) in [6, 6.07) is 5.65. The molecule has 0 aliphatic carbocycles. The lowest BCUT2D eigenvalue weighted by Gasteiger charge is -2.05. The molecule has 1 aromatic heterocycles. The van der Waals surface area contributed by atoms with E-state index in [-0.39, 0.29) is 0 Å². The zero-order valence-electron chi connectivity index (χ0n) is 8.61. The Hall–Kier alpha value is -1.72. The van der Waals surface area contributed by atoms with Gasteiger partial charge in [-0.25, -0.2) is 4.98 Å². The molecule has 1 heterocycles. The third-order valence-electron chi connectivity index (χ3n) is 2.27. The highest BCUT2D eigenvalue weighted by Crippen LogP contribution is 2.26. The zero-order valence-corrected chi connectivity index (χ0v) is 9.37. The van der Waals surface area contributed by atoms with E-state index in [0.29, 0.717) is 17.3 Å². The molecule has 0 aliphatic heterocycles. The monoisotopic (exact) mass is 231 g/mol. The lowest BCUT2D eigenvalue weighted by atomic mass is 10.0. The molecule has 0 saturated heterocycles. The molecule has 2 aromatic rings. The first-order valence-corrected chi connectivity index (χ1v) is 5.31. The summed E-state index contributed by atoms with van der Waals surface area (Å²) in [6.45, 7) is 0. The molecule has 0 amide bonds. The minimum atomic E-state index is 0.578. The number of aryl methyl sites for hydroxylation is 1. The summed E-state index contributed by atoms with van der Waals surface area (Å²) in [5.74, 6) is 3.20. The van der Waals surface area contributed by atoms with Crippen molar-refractivity contribution in [3.8, 4) is 23.8 Å². The Kier molecular flexibility index (Phi) is 3.28. The van der Waals surface area contributed by atoms with Crippen LogP contribution in [0, 0.1) is 12.3 Å². The number of oxazole rings is 1. The van der Waals surface area contributed by atoms with Crippen LogP contribution < -0.4 is 0 Å². The number of nitrogens with zero attached hydrogens (tertiary/aromatic N) is 1. The fraction of sp³-hybridized carbons (Fsp3) is 0.154. The molecule has 0 radical (unpaired) electrons. The molecule has 1 aromatic carbocycles. The summed E-state index contributed by atoms with van der Waals surface area (Å²) in [5, 5.41) is 0.664. The summed E-state index contributed by atoms with van der Waals surface area (Å²) < 4.78 is 5.27. The SMILES string of the molecule is C#CCCc1ccc(Cl)cc1-c1ncco1. The van der Waals surface area contributed by atoms with Crippen molar-refractivity contribution < 1.29 is 4.42 Å². The highest BCUT2D eigenvalue weighted by molar-refractivity contribution is 6.30. The van der Waals surface area contributed by atoms with Gasteiger partial charge in [-0.3, -0.25) is 0 Å². The van der Waals surface area contributed by atoms with Crippen LogP contribution in [0.2, 0.25) is 5.02 Å². The quantitative estimate of drug-likeness (QED) is 0.755. The standard InChI is InChI=1S/C13H10ClNO/c1-2-3-4-10-5-6-11(14)9-12(10)13-15-7-8-16-13/h1,5-9H,3-4H2. The molecule has 3 heteroatoms. The predicted octanol–water partition coefficient (Wildman–Crippen LogP) is 3.56. The molecule has 0 fully saturated rings. The molecule has 16 heavy (non-hydrogen) atoms. The second-order valence-corrected chi connectivity index (χ2v) is 3.78. The van der Waals surface area contributed by atoms with E-state index in [1.54, 1.807) is 12.5 Å².